The lowest BCUT2D eigenvalue weighted by molar-refractivity contribution is -0.148. The number of anilines is 1. The van der Waals surface area contributed by atoms with Crippen LogP contribution in [-0.2, 0) is 6.18 Å². The first-order chi connectivity index (χ1) is 17.4. The molecule has 2 aromatic rings. The van der Waals surface area contributed by atoms with Gasteiger partial charge in [0.25, 0.3) is 5.91 Å². The average molecular weight is 526 g/mol. The van der Waals surface area contributed by atoms with Crippen LogP contribution in [0.15, 0.2) is 41.7 Å². The Kier molecular flexibility index (Phi) is 7.24. The Morgan fingerprint density at radius 3 is 2.41 bits per heavy atom. The normalized spacial score (nSPS) is 20.8. The summed E-state index contributed by atoms with van der Waals surface area (Å²) in [6.07, 6.45) is -4.38. The van der Waals surface area contributed by atoms with Gasteiger partial charge >= 0.3 is 12.4 Å². The number of carbonyl (C=O) groups is 1. The van der Waals surface area contributed by atoms with E-state index in [9.17, 15) is 31.1 Å². The molecular formula is C24H24F6N6O. The third kappa shape index (κ3) is 6.44. The topological polar surface area (TPSA) is 94.3 Å². The van der Waals surface area contributed by atoms with Crippen LogP contribution in [0.4, 0.5) is 32.3 Å². The van der Waals surface area contributed by atoms with Gasteiger partial charge in [0.05, 0.1) is 17.5 Å². The third-order valence-electron chi connectivity index (χ3n) is 6.45. The van der Waals surface area contributed by atoms with E-state index in [1.54, 1.807) is 13.0 Å². The van der Waals surface area contributed by atoms with Gasteiger partial charge in [-0.3, -0.25) is 10.2 Å². The predicted octanol–water partition coefficient (Wildman–Crippen LogP) is 5.52. The molecule has 2 aliphatic carbocycles. The van der Waals surface area contributed by atoms with Gasteiger partial charge in [-0.05, 0) is 67.9 Å². The maximum Gasteiger partial charge on any atom is 0.416 e. The number of aliphatic imine (C=N–C) groups is 1. The molecule has 1 aromatic heterocycles. The summed E-state index contributed by atoms with van der Waals surface area (Å²) in [6.45, 7) is 1.79. The Morgan fingerprint density at radius 2 is 1.86 bits per heavy atom. The van der Waals surface area contributed by atoms with Crippen LogP contribution in [0, 0.1) is 17.2 Å². The van der Waals surface area contributed by atoms with E-state index in [-0.39, 0.29) is 41.8 Å². The molecule has 1 heterocycles. The number of benzene rings is 1. The van der Waals surface area contributed by atoms with E-state index in [0.29, 0.717) is 12.1 Å². The number of nitrogens with one attached hydrogen (secondary N) is 2. The Bertz CT molecular complexity index is 1180. The second-order valence-corrected chi connectivity index (χ2v) is 9.25. The van der Waals surface area contributed by atoms with Gasteiger partial charge in [0.2, 0.25) is 5.95 Å². The van der Waals surface area contributed by atoms with Crippen molar-refractivity contribution in [3.63, 3.8) is 0 Å². The molecule has 13 heteroatoms. The van der Waals surface area contributed by atoms with Crippen molar-refractivity contribution in [1.82, 2.24) is 14.9 Å². The molecule has 3 unspecified atom stereocenters. The largest absolute Gasteiger partial charge is 0.416 e. The second-order valence-electron chi connectivity index (χ2n) is 9.25. The second kappa shape index (κ2) is 10.1. The molecule has 0 spiro atoms. The SMILES string of the molecule is CC(/C(=N/C=N)Nc1ncccn1)N(CC1CC1)C(=O)c1cc(C2CC2C(F)(F)F)cc(C(F)(F)F)c1. The van der Waals surface area contributed by atoms with Crippen LogP contribution in [0.25, 0.3) is 0 Å². The molecule has 0 radical (unpaired) electrons. The van der Waals surface area contributed by atoms with Crippen molar-refractivity contribution in [1.29, 1.82) is 5.41 Å². The summed E-state index contributed by atoms with van der Waals surface area (Å²) in [5, 5.41) is 10.2. The average Bonchev–Trinajstić information content (AvgIpc) is 3.75. The monoisotopic (exact) mass is 526 g/mol. The van der Waals surface area contributed by atoms with Crippen molar-refractivity contribution in [2.75, 3.05) is 11.9 Å². The molecule has 1 amide bonds. The fraction of sp³-hybridized carbons (Fsp3) is 0.458. The highest BCUT2D eigenvalue weighted by atomic mass is 19.4. The quantitative estimate of drug-likeness (QED) is 0.269. The minimum Gasteiger partial charge on any atom is -0.328 e. The minimum absolute atomic E-state index is 0.113. The summed E-state index contributed by atoms with van der Waals surface area (Å²) in [6, 6.07) is 3.24. The van der Waals surface area contributed by atoms with E-state index in [1.807, 2.05) is 0 Å². The molecule has 7 nitrogen and oxygen atoms in total. The molecule has 198 valence electrons. The lowest BCUT2D eigenvalue weighted by Gasteiger charge is -2.31. The van der Waals surface area contributed by atoms with E-state index >= 15 is 0 Å². The van der Waals surface area contributed by atoms with Gasteiger partial charge < -0.3 is 10.2 Å². The van der Waals surface area contributed by atoms with Crippen molar-refractivity contribution in [2.24, 2.45) is 16.8 Å². The summed E-state index contributed by atoms with van der Waals surface area (Å²) in [4.78, 5) is 27.0. The predicted molar refractivity (Wildman–Crippen MR) is 123 cm³/mol. The molecule has 2 aliphatic rings. The number of aromatic nitrogens is 2. The Morgan fingerprint density at radius 1 is 1.19 bits per heavy atom. The number of rotatable bonds is 8. The van der Waals surface area contributed by atoms with Gasteiger partial charge in [-0.15, -0.1) is 0 Å². The van der Waals surface area contributed by atoms with Gasteiger partial charge in [-0.2, -0.15) is 26.3 Å². The van der Waals surface area contributed by atoms with E-state index < -0.39 is 41.7 Å². The Balaban J connectivity index is 1.68. The number of amides is 1. The minimum atomic E-state index is -4.85. The molecule has 0 bridgehead atoms. The van der Waals surface area contributed by atoms with Crippen LogP contribution >= 0.6 is 0 Å². The molecule has 4 rings (SSSR count). The Hall–Kier alpha value is -3.51. The molecule has 1 aromatic carbocycles. The van der Waals surface area contributed by atoms with Crippen molar-refractivity contribution in [2.45, 2.75) is 50.5 Å². The van der Waals surface area contributed by atoms with Crippen LogP contribution in [0.5, 0.6) is 0 Å². The van der Waals surface area contributed by atoms with E-state index in [4.69, 9.17) is 5.41 Å². The first-order valence-corrected chi connectivity index (χ1v) is 11.6. The van der Waals surface area contributed by atoms with E-state index in [0.717, 1.165) is 25.2 Å². The van der Waals surface area contributed by atoms with E-state index in [2.05, 4.69) is 20.3 Å². The summed E-state index contributed by atoms with van der Waals surface area (Å²) in [7, 11) is 0. The number of halogens is 6. The third-order valence-corrected chi connectivity index (χ3v) is 6.45. The summed E-state index contributed by atoms with van der Waals surface area (Å²) >= 11 is 0. The zero-order valence-electron chi connectivity index (χ0n) is 19.6. The Labute approximate surface area is 208 Å². The first-order valence-electron chi connectivity index (χ1n) is 11.6. The van der Waals surface area contributed by atoms with Gasteiger partial charge in [-0.1, -0.05) is 0 Å². The lowest BCUT2D eigenvalue weighted by Crippen LogP contribution is -2.47. The standard InChI is InChI=1S/C24H24F6N6O/c1-13(20(34-12-31)35-22-32-5-2-6-33-22)36(11-14-3-4-14)21(37)16-7-15(8-17(9-16)23(25,26)27)18-10-19(18)24(28,29)30/h2,5-9,12-14,18-19H,3-4,10-11H2,1H3,(H2,31,32,33,34,35). The molecule has 0 saturated heterocycles. The van der Waals surface area contributed by atoms with Gasteiger partial charge in [0, 0.05) is 24.5 Å². The smallest absolute Gasteiger partial charge is 0.328 e. The van der Waals surface area contributed by atoms with Crippen LogP contribution in [0.2, 0.25) is 0 Å². The summed E-state index contributed by atoms with van der Waals surface area (Å²) in [5.74, 6) is -3.26. The van der Waals surface area contributed by atoms with E-state index in [1.165, 1.54) is 17.3 Å². The number of hydrogen-bond donors (Lipinski definition) is 2. The highest BCUT2D eigenvalue weighted by molar-refractivity contribution is 6.05. The van der Waals surface area contributed by atoms with Crippen molar-refractivity contribution in [3.8, 4) is 0 Å². The van der Waals surface area contributed by atoms with Gasteiger partial charge in [0.15, 0.2) is 0 Å². The number of carbonyl (C=O) groups excluding carboxylic acids is 1. The first kappa shape index (κ1) is 26.6. The van der Waals surface area contributed by atoms with Crippen molar-refractivity contribution >= 4 is 24.0 Å². The fourth-order valence-electron chi connectivity index (χ4n) is 4.18. The van der Waals surface area contributed by atoms with Crippen LogP contribution in [0.1, 0.15) is 53.6 Å². The van der Waals surface area contributed by atoms with Crippen molar-refractivity contribution in [3.05, 3.63) is 53.3 Å². The van der Waals surface area contributed by atoms with Crippen LogP contribution in [-0.4, -0.2) is 51.7 Å². The number of nitrogens with zero attached hydrogens (tertiary/aromatic N) is 4. The molecule has 2 fully saturated rings. The maximum atomic E-state index is 13.7. The molecule has 3 atom stereocenters. The van der Waals surface area contributed by atoms with Gasteiger partial charge in [-0.25, -0.2) is 15.0 Å². The zero-order chi connectivity index (χ0) is 27.0. The molecule has 2 saturated carbocycles. The molecule has 0 aliphatic heterocycles. The summed E-state index contributed by atoms with van der Waals surface area (Å²) < 4.78 is 80.4. The number of amidine groups is 1. The fourth-order valence-corrected chi connectivity index (χ4v) is 4.18. The zero-order valence-corrected chi connectivity index (χ0v) is 19.6. The summed E-state index contributed by atoms with van der Waals surface area (Å²) in [5.41, 5.74) is -1.69. The molecule has 2 N–H and O–H groups in total. The number of alkyl halides is 6. The van der Waals surface area contributed by atoms with Crippen LogP contribution in [0.3, 0.4) is 0 Å². The molecule has 37 heavy (non-hydrogen) atoms. The van der Waals surface area contributed by atoms with Crippen molar-refractivity contribution < 1.29 is 31.1 Å². The number of hydrogen-bond acceptors (Lipinski definition) is 4. The maximum absolute atomic E-state index is 13.7. The lowest BCUT2D eigenvalue weighted by atomic mass is 9.99. The van der Waals surface area contributed by atoms with Gasteiger partial charge in [0.1, 0.15) is 12.2 Å². The highest BCUT2D eigenvalue weighted by Gasteiger charge is 2.56. The highest BCUT2D eigenvalue weighted by Crippen LogP contribution is 2.56. The molecular weight excluding hydrogens is 502 g/mol. The van der Waals surface area contributed by atoms with Crippen LogP contribution < -0.4 is 5.32 Å².